The van der Waals surface area contributed by atoms with Crippen LogP contribution in [0.15, 0.2) is 67.8 Å². The maximum Gasteiger partial charge on any atom is 0.253 e. The van der Waals surface area contributed by atoms with E-state index >= 15 is 0 Å². The van der Waals surface area contributed by atoms with Crippen LogP contribution in [0.4, 0.5) is 46.3 Å². The predicted molar refractivity (Wildman–Crippen MR) is 329 cm³/mol. The Hall–Kier alpha value is -10.4. The molecule has 3 aliphatic rings. The number of nitrogens with zero attached hydrogens (tertiary/aromatic N) is 15. The van der Waals surface area contributed by atoms with Crippen LogP contribution in [0.3, 0.4) is 0 Å². The number of aliphatic hydroxyl groups is 2. The Morgan fingerprint density at radius 2 is 0.989 bits per heavy atom. The molecular formula is C62H70N20O6. The smallest absolute Gasteiger partial charge is 0.253 e. The van der Waals surface area contributed by atoms with Gasteiger partial charge in [-0.15, -0.1) is 0 Å². The predicted octanol–water partition coefficient (Wildman–Crippen LogP) is 7.92. The standard InChI is InChI=1S/C21H24N6O2.C21H23N5O3.C20H23N9O/c1-21(2,28)9-8-14-12-25-18(10-16(14)23-3)26-19-13-24-17(11-22)20(27-19)29-15-6-4-5-7-15;1-21(2,27)9-8-14-12-24-18(10-17(14)28-3)25-19-13-23-16(11-22)20(26-19)29-15-6-4-5-7-15;1-22-16-6-18(24-9-15(16)13-8-25-29(3)11-13)26-19-10-23-17(7-21)20(27-19)30-14-4-5-28(2)12-14/h10,12-13,15,28H,4-7H2,1-3H3,(H2,23,25,26,27);10,12-13,15,27H,4-7H2,1-3H3,(H,24,25,26);6,8-11,14H,4-5,12H2,1-3H3,(H2,22,24,26,27)/t;;14-/m..0/s1. The Labute approximate surface area is 511 Å². The fourth-order valence-corrected chi connectivity index (χ4v) is 9.20. The van der Waals surface area contributed by atoms with Crippen molar-refractivity contribution < 1.29 is 29.2 Å². The summed E-state index contributed by atoms with van der Waals surface area (Å²) in [6.07, 6.45) is 22.4. The highest BCUT2D eigenvalue weighted by Crippen LogP contribution is 2.32. The number of pyridine rings is 3. The van der Waals surface area contributed by atoms with Gasteiger partial charge in [0.2, 0.25) is 17.1 Å². The van der Waals surface area contributed by atoms with Gasteiger partial charge in [0.05, 0.1) is 48.7 Å². The number of methoxy groups -OCH3 is 1. The number of likely N-dealkylation sites (N-methyl/N-ethyl adjacent to an activating group) is 1. The molecule has 0 unspecified atom stereocenters. The Morgan fingerprint density at radius 3 is 1.41 bits per heavy atom. The Kier molecular flexibility index (Phi) is 21.4. The molecule has 88 heavy (non-hydrogen) atoms. The average Bonchev–Trinajstić information content (AvgIpc) is 4.29. The van der Waals surface area contributed by atoms with Gasteiger partial charge in [-0.2, -0.15) is 35.8 Å². The summed E-state index contributed by atoms with van der Waals surface area (Å²) in [5.74, 6) is 15.4. The molecule has 3 fully saturated rings. The largest absolute Gasteiger partial charge is 0.495 e. The molecule has 1 atom stereocenters. The van der Waals surface area contributed by atoms with Crippen molar-refractivity contribution in [2.45, 2.75) is 115 Å². The molecule has 2 saturated carbocycles. The van der Waals surface area contributed by atoms with E-state index in [0.29, 0.717) is 51.8 Å². The number of nitriles is 3. The van der Waals surface area contributed by atoms with Crippen molar-refractivity contribution in [3.8, 4) is 76.4 Å². The fraction of sp³-hybridized carbons (Fsp3) is 0.403. The maximum absolute atomic E-state index is 9.79. The van der Waals surface area contributed by atoms with Gasteiger partial charge in [0, 0.05) is 94.0 Å². The molecule has 7 N–H and O–H groups in total. The van der Waals surface area contributed by atoms with E-state index in [2.05, 4.69) is 105 Å². The van der Waals surface area contributed by atoms with Crippen LogP contribution in [0.1, 0.15) is 114 Å². The molecule has 26 nitrogen and oxygen atoms in total. The molecule has 0 bridgehead atoms. The second-order valence-electron chi connectivity index (χ2n) is 21.8. The van der Waals surface area contributed by atoms with Crippen molar-refractivity contribution in [2.75, 3.05) is 67.9 Å². The van der Waals surface area contributed by atoms with Crippen LogP contribution in [-0.4, -0.2) is 141 Å². The summed E-state index contributed by atoms with van der Waals surface area (Å²) in [6.45, 7) is 8.20. The van der Waals surface area contributed by atoms with Gasteiger partial charge in [0.25, 0.3) is 17.6 Å². The van der Waals surface area contributed by atoms with Gasteiger partial charge in [-0.3, -0.25) is 4.68 Å². The molecule has 26 heteroatoms. The summed E-state index contributed by atoms with van der Waals surface area (Å²) in [4.78, 5) is 41.0. The molecular weight excluding hydrogens is 1120 g/mol. The molecule has 7 aromatic rings. The highest BCUT2D eigenvalue weighted by molar-refractivity contribution is 5.79. The quantitative estimate of drug-likeness (QED) is 0.0451. The first kappa shape index (κ1) is 63.6. The first-order chi connectivity index (χ1) is 42.3. The third-order valence-electron chi connectivity index (χ3n) is 13.5. The van der Waals surface area contributed by atoms with E-state index in [-0.39, 0.29) is 53.0 Å². The molecule has 1 aliphatic heterocycles. The summed E-state index contributed by atoms with van der Waals surface area (Å²) in [7, 11) is 9.08. The second kappa shape index (κ2) is 29.6. The monoisotopic (exact) mass is 1190 g/mol. The number of hydrogen-bond acceptors (Lipinski definition) is 25. The van der Waals surface area contributed by atoms with Crippen molar-refractivity contribution in [3.05, 3.63) is 96.0 Å². The van der Waals surface area contributed by atoms with Crippen LogP contribution >= 0.6 is 0 Å². The summed E-state index contributed by atoms with van der Waals surface area (Å²) < 4.78 is 24.8. The van der Waals surface area contributed by atoms with Gasteiger partial charge in [0.15, 0.2) is 17.5 Å². The van der Waals surface area contributed by atoms with Crippen LogP contribution in [0, 0.1) is 57.7 Å². The maximum atomic E-state index is 9.79. The second-order valence-corrected chi connectivity index (χ2v) is 21.8. The van der Waals surface area contributed by atoms with Crippen LogP contribution < -0.4 is 45.5 Å². The normalized spacial score (nSPS) is 14.7. The number of rotatable bonds is 16. The molecule has 0 aromatic carbocycles. The number of ether oxygens (including phenoxy) is 4. The van der Waals surface area contributed by atoms with E-state index in [1.54, 1.807) is 76.3 Å². The lowest BCUT2D eigenvalue weighted by Crippen LogP contribution is -2.22. The van der Waals surface area contributed by atoms with Gasteiger partial charge < -0.3 is 60.6 Å². The van der Waals surface area contributed by atoms with E-state index in [1.165, 1.54) is 25.7 Å². The van der Waals surface area contributed by atoms with Crippen LogP contribution in [0.25, 0.3) is 11.1 Å². The lowest BCUT2D eigenvalue weighted by molar-refractivity contribution is 0.143. The number of likely N-dealkylation sites (tertiary alicyclic amines) is 1. The third kappa shape index (κ3) is 18.3. The SMILES string of the molecule is CNc1cc(Nc2cnc(C#N)c(OC3CCCC3)n2)ncc1C#CC(C)(C)O.CNc1cc(Nc2cnc(C#N)c(O[C@H]3CCN(C)C3)n2)ncc1-c1cnn(C)c1.COc1cc(Nc2cnc(C#N)c(OC3CCCC3)n2)ncc1C#CC(C)(C)O. The van der Waals surface area contributed by atoms with Gasteiger partial charge in [0.1, 0.15) is 70.9 Å². The van der Waals surface area contributed by atoms with Crippen molar-refractivity contribution in [3.63, 3.8) is 0 Å². The Morgan fingerprint density at radius 1 is 0.545 bits per heavy atom. The minimum absolute atomic E-state index is 0.000524. The van der Waals surface area contributed by atoms with Crippen molar-refractivity contribution in [1.82, 2.24) is 59.5 Å². The summed E-state index contributed by atoms with van der Waals surface area (Å²) in [5.41, 5.74) is 3.07. The van der Waals surface area contributed by atoms with Crippen LogP contribution in [0.5, 0.6) is 23.4 Å². The lowest BCUT2D eigenvalue weighted by Gasteiger charge is -2.15. The van der Waals surface area contributed by atoms with Gasteiger partial charge in [-0.25, -0.2) is 29.9 Å². The highest BCUT2D eigenvalue weighted by Gasteiger charge is 2.25. The Bertz CT molecular complexity index is 3670. The molecule has 454 valence electrons. The molecule has 8 heterocycles. The zero-order valence-corrected chi connectivity index (χ0v) is 50.6. The van der Waals surface area contributed by atoms with Crippen molar-refractivity contribution >= 4 is 46.3 Å². The molecule has 0 radical (unpaired) electrons. The van der Waals surface area contributed by atoms with E-state index in [1.807, 2.05) is 51.6 Å². The van der Waals surface area contributed by atoms with E-state index in [9.17, 15) is 26.0 Å². The molecule has 0 spiro atoms. The van der Waals surface area contributed by atoms with Gasteiger partial charge >= 0.3 is 0 Å². The van der Waals surface area contributed by atoms with Crippen LogP contribution in [-0.2, 0) is 7.05 Å². The summed E-state index contributed by atoms with van der Waals surface area (Å²) in [5, 5.41) is 67.2. The number of anilines is 8. The average molecular weight is 1190 g/mol. The van der Waals surface area contributed by atoms with Crippen LogP contribution in [0.2, 0.25) is 0 Å². The summed E-state index contributed by atoms with van der Waals surface area (Å²) in [6, 6.07) is 11.4. The first-order valence-corrected chi connectivity index (χ1v) is 28.5. The molecule has 10 rings (SSSR count). The number of aromatic nitrogens is 11. The van der Waals surface area contributed by atoms with E-state index in [4.69, 9.17) is 18.9 Å². The summed E-state index contributed by atoms with van der Waals surface area (Å²) >= 11 is 0. The zero-order valence-electron chi connectivity index (χ0n) is 50.6. The Balaban J connectivity index is 0.000000171. The van der Waals surface area contributed by atoms with Gasteiger partial charge in [-0.05, 0) is 92.5 Å². The minimum atomic E-state index is -1.12. The molecule has 2 aliphatic carbocycles. The fourth-order valence-electron chi connectivity index (χ4n) is 9.20. The number of aryl methyl sites for hydroxylation is 1. The zero-order chi connectivity index (χ0) is 62.8. The number of nitrogens with one attached hydrogen (secondary N) is 5. The first-order valence-electron chi connectivity index (χ1n) is 28.5. The highest BCUT2D eigenvalue weighted by atomic mass is 16.5. The van der Waals surface area contributed by atoms with E-state index < -0.39 is 11.2 Å². The van der Waals surface area contributed by atoms with Gasteiger partial charge in [-0.1, -0.05) is 23.7 Å². The molecule has 7 aromatic heterocycles. The lowest BCUT2D eigenvalue weighted by atomic mass is 10.1. The van der Waals surface area contributed by atoms with Crippen molar-refractivity contribution in [2.24, 2.45) is 7.05 Å². The minimum Gasteiger partial charge on any atom is -0.495 e. The van der Waals surface area contributed by atoms with Crippen molar-refractivity contribution in [1.29, 1.82) is 15.8 Å². The van der Waals surface area contributed by atoms with E-state index in [0.717, 1.165) is 93.4 Å². The topological polar surface area (TPSA) is 346 Å². The molecule has 1 saturated heterocycles. The number of hydrogen-bond donors (Lipinski definition) is 7. The molecule has 0 amide bonds. The third-order valence-corrected chi connectivity index (χ3v) is 13.5.